The molecule has 0 saturated heterocycles. The Morgan fingerprint density at radius 1 is 0.903 bits per heavy atom. The molecule has 5 unspecified atom stereocenters. The van der Waals surface area contributed by atoms with Gasteiger partial charge in [-0.2, -0.15) is 12.6 Å². The van der Waals surface area contributed by atoms with Crippen LogP contribution < -0.4 is 21.7 Å². The monoisotopic (exact) mass is 464 g/mol. The maximum absolute atomic E-state index is 12.6. The van der Waals surface area contributed by atoms with E-state index < -0.39 is 66.4 Å². The topological polar surface area (TPSA) is 208 Å². The normalized spacial score (nSPS) is 15.8. The molecule has 0 aliphatic rings. The van der Waals surface area contributed by atoms with Gasteiger partial charge in [-0.15, -0.1) is 0 Å². The van der Waals surface area contributed by atoms with Crippen LogP contribution in [-0.2, 0) is 24.0 Å². The number of aliphatic hydroxyl groups excluding tert-OH is 1. The van der Waals surface area contributed by atoms with Gasteiger partial charge in [0.1, 0.15) is 18.1 Å². The fourth-order valence-electron chi connectivity index (χ4n) is 2.54. The molecule has 0 aromatic carbocycles. The molecule has 12 nitrogen and oxygen atoms in total. The van der Waals surface area contributed by atoms with Crippen LogP contribution in [0.15, 0.2) is 0 Å². The van der Waals surface area contributed by atoms with Crippen molar-refractivity contribution in [3.63, 3.8) is 0 Å². The number of nitrogens with two attached hydrogens (primary N) is 1. The van der Waals surface area contributed by atoms with E-state index in [4.69, 9.17) is 15.9 Å². The second kappa shape index (κ2) is 13.8. The van der Waals surface area contributed by atoms with Crippen LogP contribution in [-0.4, -0.2) is 81.0 Å². The van der Waals surface area contributed by atoms with Gasteiger partial charge in [0, 0.05) is 12.2 Å². The van der Waals surface area contributed by atoms with Crippen LogP contribution in [0.3, 0.4) is 0 Å². The van der Waals surface area contributed by atoms with Crippen molar-refractivity contribution < 1.29 is 39.3 Å². The molecule has 0 rings (SSSR count). The van der Waals surface area contributed by atoms with E-state index >= 15 is 0 Å². The van der Waals surface area contributed by atoms with E-state index in [1.165, 1.54) is 6.92 Å². The molecule has 8 N–H and O–H groups in total. The first-order valence-electron chi connectivity index (χ1n) is 9.70. The third-order valence-corrected chi connectivity index (χ3v) is 4.57. The Hall–Kier alpha value is -2.38. The third-order valence-electron chi connectivity index (χ3n) is 4.20. The number of aliphatic carboxylic acids is 2. The lowest BCUT2D eigenvalue weighted by molar-refractivity contribution is -0.142. The second-order valence-electron chi connectivity index (χ2n) is 7.54. The summed E-state index contributed by atoms with van der Waals surface area (Å²) >= 11 is 3.82. The van der Waals surface area contributed by atoms with Crippen molar-refractivity contribution in [1.29, 1.82) is 0 Å². The van der Waals surface area contributed by atoms with Gasteiger partial charge in [0.05, 0.1) is 12.1 Å². The number of nitrogens with one attached hydrogen (secondary N) is 3. The Balaban J connectivity index is 5.39. The number of rotatable bonds is 14. The molecular weight excluding hydrogens is 432 g/mol. The quantitative estimate of drug-likeness (QED) is 0.134. The summed E-state index contributed by atoms with van der Waals surface area (Å²) in [6.07, 6.45) is -1.87. The Bertz CT molecular complexity index is 658. The van der Waals surface area contributed by atoms with Crippen molar-refractivity contribution in [3.8, 4) is 0 Å². The van der Waals surface area contributed by atoms with Crippen LogP contribution in [0.2, 0.25) is 0 Å². The average Bonchev–Trinajstić information content (AvgIpc) is 2.65. The molecule has 5 atom stereocenters. The molecule has 0 radical (unpaired) electrons. The first kappa shape index (κ1) is 28.6. The number of hydrogen-bond donors (Lipinski definition) is 8. The van der Waals surface area contributed by atoms with Crippen molar-refractivity contribution in [3.05, 3.63) is 0 Å². The summed E-state index contributed by atoms with van der Waals surface area (Å²) in [6, 6.07) is -5.17. The zero-order valence-electron chi connectivity index (χ0n) is 17.7. The van der Waals surface area contributed by atoms with Crippen molar-refractivity contribution in [1.82, 2.24) is 16.0 Å². The number of carbonyl (C=O) groups is 5. The van der Waals surface area contributed by atoms with E-state index in [0.29, 0.717) is 6.42 Å². The van der Waals surface area contributed by atoms with Crippen molar-refractivity contribution in [2.75, 3.05) is 5.75 Å². The number of amides is 3. The van der Waals surface area contributed by atoms with Crippen LogP contribution in [0.5, 0.6) is 0 Å². The first-order valence-corrected chi connectivity index (χ1v) is 10.3. The Morgan fingerprint density at radius 3 is 1.87 bits per heavy atom. The van der Waals surface area contributed by atoms with Gasteiger partial charge in [-0.3, -0.25) is 19.2 Å². The van der Waals surface area contributed by atoms with E-state index in [-0.39, 0.29) is 18.1 Å². The summed E-state index contributed by atoms with van der Waals surface area (Å²) in [6.45, 7) is 4.95. The molecule has 0 aromatic rings. The summed E-state index contributed by atoms with van der Waals surface area (Å²) in [5.41, 5.74) is 5.78. The van der Waals surface area contributed by atoms with Gasteiger partial charge in [-0.05, 0) is 25.7 Å². The summed E-state index contributed by atoms with van der Waals surface area (Å²) in [5, 5.41) is 34.6. The molecule has 0 aliphatic heterocycles. The highest BCUT2D eigenvalue weighted by atomic mass is 32.1. The highest BCUT2D eigenvalue weighted by Gasteiger charge is 2.32. The number of hydrogen-bond acceptors (Lipinski definition) is 8. The summed E-state index contributed by atoms with van der Waals surface area (Å²) < 4.78 is 0. The van der Waals surface area contributed by atoms with Crippen LogP contribution in [0, 0.1) is 5.92 Å². The lowest BCUT2D eigenvalue weighted by Gasteiger charge is -2.26. The molecule has 31 heavy (non-hydrogen) atoms. The molecule has 0 heterocycles. The molecule has 0 bridgehead atoms. The Morgan fingerprint density at radius 2 is 1.45 bits per heavy atom. The maximum Gasteiger partial charge on any atom is 0.327 e. The molecule has 0 saturated carbocycles. The molecule has 3 amide bonds. The van der Waals surface area contributed by atoms with Crippen molar-refractivity contribution in [2.24, 2.45) is 11.7 Å². The summed E-state index contributed by atoms with van der Waals surface area (Å²) in [4.78, 5) is 59.3. The number of carbonyl (C=O) groups excluding carboxylic acids is 3. The van der Waals surface area contributed by atoms with Gasteiger partial charge in [0.2, 0.25) is 17.7 Å². The standard InChI is InChI=1S/C18H32N4O8S/c1-8(2)6-10(19)15(26)22-14(9(3)23)17(28)20-11(4-5-13(24)25)16(27)21-12(7-31)18(29)30/h8-12,14,23,31H,4-7,19H2,1-3H3,(H,20,28)(H,21,27)(H,22,26)(H,24,25)(H,29,30). The SMILES string of the molecule is CC(C)CC(N)C(=O)NC(C(=O)NC(CCC(=O)O)C(=O)NC(CS)C(=O)O)C(C)O. The summed E-state index contributed by atoms with van der Waals surface area (Å²) in [7, 11) is 0. The minimum atomic E-state index is -1.47. The lowest BCUT2D eigenvalue weighted by atomic mass is 10.0. The predicted octanol–water partition coefficient (Wildman–Crippen LogP) is -1.93. The smallest absolute Gasteiger partial charge is 0.327 e. The van der Waals surface area contributed by atoms with Crippen LogP contribution in [0.4, 0.5) is 0 Å². The van der Waals surface area contributed by atoms with Crippen molar-refractivity contribution in [2.45, 2.75) is 70.3 Å². The lowest BCUT2D eigenvalue weighted by Crippen LogP contribution is -2.60. The highest BCUT2D eigenvalue weighted by Crippen LogP contribution is 2.05. The molecule has 13 heteroatoms. The largest absolute Gasteiger partial charge is 0.481 e. The molecule has 0 aromatic heterocycles. The molecule has 0 fully saturated rings. The number of carboxylic acids is 2. The van der Waals surface area contributed by atoms with Gasteiger partial charge in [-0.1, -0.05) is 13.8 Å². The van der Waals surface area contributed by atoms with Crippen molar-refractivity contribution >= 4 is 42.3 Å². The maximum atomic E-state index is 12.6. The van der Waals surface area contributed by atoms with Gasteiger partial charge < -0.3 is 37.0 Å². The second-order valence-corrected chi connectivity index (χ2v) is 7.90. The van der Waals surface area contributed by atoms with E-state index in [1.807, 2.05) is 13.8 Å². The predicted molar refractivity (Wildman–Crippen MR) is 113 cm³/mol. The number of aliphatic hydroxyl groups is 1. The van der Waals surface area contributed by atoms with Gasteiger partial charge in [0.15, 0.2) is 0 Å². The minimum Gasteiger partial charge on any atom is -0.481 e. The summed E-state index contributed by atoms with van der Waals surface area (Å²) in [5.74, 6) is -5.30. The fraction of sp³-hybridized carbons (Fsp3) is 0.722. The molecule has 0 aliphatic carbocycles. The van der Waals surface area contributed by atoms with E-state index in [2.05, 4.69) is 28.6 Å². The Labute approximate surface area is 185 Å². The minimum absolute atomic E-state index is 0.109. The van der Waals surface area contributed by atoms with Gasteiger partial charge >= 0.3 is 11.9 Å². The fourth-order valence-corrected chi connectivity index (χ4v) is 2.78. The molecule has 0 spiro atoms. The zero-order valence-corrected chi connectivity index (χ0v) is 18.6. The molecular formula is C18H32N4O8S. The zero-order chi connectivity index (χ0) is 24.3. The Kier molecular flexibility index (Phi) is 12.8. The first-order chi connectivity index (χ1) is 14.3. The number of carboxylic acid groups (broad SMARTS) is 2. The average molecular weight is 465 g/mol. The highest BCUT2D eigenvalue weighted by molar-refractivity contribution is 7.80. The number of thiol groups is 1. The van der Waals surface area contributed by atoms with Gasteiger partial charge in [-0.25, -0.2) is 4.79 Å². The van der Waals surface area contributed by atoms with Crippen LogP contribution >= 0.6 is 12.6 Å². The molecule has 178 valence electrons. The van der Waals surface area contributed by atoms with E-state index in [1.54, 1.807) is 0 Å². The van der Waals surface area contributed by atoms with Gasteiger partial charge in [0.25, 0.3) is 0 Å². The van der Waals surface area contributed by atoms with Crippen LogP contribution in [0.25, 0.3) is 0 Å². The van der Waals surface area contributed by atoms with Crippen LogP contribution in [0.1, 0.15) is 40.0 Å². The van der Waals surface area contributed by atoms with E-state index in [0.717, 1.165) is 0 Å². The van der Waals surface area contributed by atoms with E-state index in [9.17, 15) is 29.1 Å². The third kappa shape index (κ3) is 11.0.